The highest BCUT2D eigenvalue weighted by molar-refractivity contribution is 8.00. The van der Waals surface area contributed by atoms with Gasteiger partial charge in [-0.15, -0.1) is 11.3 Å². The Kier molecular flexibility index (Phi) is 6.23. The van der Waals surface area contributed by atoms with E-state index in [1.54, 1.807) is 18.4 Å². The Balaban J connectivity index is 2.33. The summed E-state index contributed by atoms with van der Waals surface area (Å²) < 4.78 is 1.57. The molecule has 25 heavy (non-hydrogen) atoms. The number of rotatable bonds is 5. The van der Waals surface area contributed by atoms with E-state index in [1.807, 2.05) is 20.8 Å². The molecule has 2 aromatic rings. The van der Waals surface area contributed by atoms with Gasteiger partial charge in [0.25, 0.3) is 5.56 Å². The number of carbonyl (C=O) groups excluding carboxylic acids is 2. The van der Waals surface area contributed by atoms with Crippen molar-refractivity contribution in [2.24, 2.45) is 0 Å². The summed E-state index contributed by atoms with van der Waals surface area (Å²) in [6.45, 7) is 10.1. The third kappa shape index (κ3) is 4.04. The third-order valence-corrected chi connectivity index (χ3v) is 5.99. The summed E-state index contributed by atoms with van der Waals surface area (Å²) in [7, 11) is 0. The van der Waals surface area contributed by atoms with Gasteiger partial charge in [-0.05, 0) is 40.2 Å². The van der Waals surface area contributed by atoms with Crippen LogP contribution in [0.5, 0.6) is 0 Å². The Morgan fingerprint density at radius 2 is 2.00 bits per heavy atom. The van der Waals surface area contributed by atoms with Gasteiger partial charge in [-0.2, -0.15) is 0 Å². The topological polar surface area (TPSA) is 93.1 Å². The van der Waals surface area contributed by atoms with E-state index in [1.165, 1.54) is 23.1 Å². The van der Waals surface area contributed by atoms with Gasteiger partial charge < -0.3 is 5.32 Å². The fourth-order valence-electron chi connectivity index (χ4n) is 2.31. The first kappa shape index (κ1) is 19.5. The van der Waals surface area contributed by atoms with Gasteiger partial charge in [0.05, 0.1) is 10.6 Å². The zero-order valence-electron chi connectivity index (χ0n) is 14.9. The van der Waals surface area contributed by atoms with Crippen LogP contribution in [0.2, 0.25) is 0 Å². The van der Waals surface area contributed by atoms with Crippen LogP contribution >= 0.6 is 23.1 Å². The predicted octanol–water partition coefficient (Wildman–Crippen LogP) is 2.42. The third-order valence-electron chi connectivity index (χ3n) is 3.80. The SMILES string of the molecule is CCNC(=O)NC(=O)[C@H](C)Sc1nc2sc(C)c(C)c2c(=O)n1CC. The molecule has 0 saturated heterocycles. The number of fused-ring (bicyclic) bond motifs is 1. The van der Waals surface area contributed by atoms with Gasteiger partial charge in [-0.1, -0.05) is 11.8 Å². The average Bonchev–Trinajstić information content (AvgIpc) is 2.82. The van der Waals surface area contributed by atoms with E-state index in [2.05, 4.69) is 15.6 Å². The van der Waals surface area contributed by atoms with Crippen LogP contribution in [0.25, 0.3) is 10.2 Å². The van der Waals surface area contributed by atoms with Crippen LogP contribution in [0.1, 0.15) is 31.2 Å². The molecule has 0 aliphatic carbocycles. The van der Waals surface area contributed by atoms with Gasteiger partial charge in [0.2, 0.25) is 5.91 Å². The number of thioether (sulfide) groups is 1. The first-order valence-electron chi connectivity index (χ1n) is 8.05. The van der Waals surface area contributed by atoms with Gasteiger partial charge in [-0.3, -0.25) is 19.5 Å². The van der Waals surface area contributed by atoms with Crippen LogP contribution < -0.4 is 16.2 Å². The number of thiophene rings is 1. The number of nitrogens with zero attached hydrogens (tertiary/aromatic N) is 2. The molecule has 1 atom stereocenters. The number of carbonyl (C=O) groups is 2. The molecule has 0 bridgehead atoms. The molecule has 3 amide bonds. The lowest BCUT2D eigenvalue weighted by Gasteiger charge is -2.14. The van der Waals surface area contributed by atoms with Crippen LogP contribution in [0.3, 0.4) is 0 Å². The fourth-order valence-corrected chi connectivity index (χ4v) is 4.35. The highest BCUT2D eigenvalue weighted by atomic mass is 32.2. The summed E-state index contributed by atoms with van der Waals surface area (Å²) in [5.74, 6) is -0.425. The summed E-state index contributed by atoms with van der Waals surface area (Å²) in [5.41, 5.74) is 0.867. The second kappa shape index (κ2) is 8.01. The Hall–Kier alpha value is -1.87. The number of aromatic nitrogens is 2. The molecular formula is C16H22N4O3S2. The molecule has 136 valence electrons. The van der Waals surface area contributed by atoms with Crippen LogP contribution in [0, 0.1) is 13.8 Å². The molecule has 0 aromatic carbocycles. The first-order chi connectivity index (χ1) is 11.8. The van der Waals surface area contributed by atoms with Crippen molar-refractivity contribution in [1.82, 2.24) is 20.2 Å². The Morgan fingerprint density at radius 3 is 2.60 bits per heavy atom. The van der Waals surface area contributed by atoms with Crippen molar-refractivity contribution < 1.29 is 9.59 Å². The Morgan fingerprint density at radius 1 is 1.32 bits per heavy atom. The molecule has 7 nitrogen and oxygen atoms in total. The molecule has 0 radical (unpaired) electrons. The summed E-state index contributed by atoms with van der Waals surface area (Å²) in [5, 5.41) is 5.36. The van der Waals surface area contributed by atoms with E-state index in [0.29, 0.717) is 28.5 Å². The summed E-state index contributed by atoms with van der Waals surface area (Å²) in [4.78, 5) is 42.7. The van der Waals surface area contributed by atoms with Gasteiger partial charge >= 0.3 is 6.03 Å². The molecule has 0 fully saturated rings. The smallest absolute Gasteiger partial charge is 0.321 e. The Bertz CT molecular complexity index is 872. The maximum Gasteiger partial charge on any atom is 0.321 e. The largest absolute Gasteiger partial charge is 0.338 e. The first-order valence-corrected chi connectivity index (χ1v) is 9.75. The number of urea groups is 1. The van der Waals surface area contributed by atoms with Crippen molar-refractivity contribution in [2.75, 3.05) is 6.54 Å². The van der Waals surface area contributed by atoms with Crippen molar-refractivity contribution in [1.29, 1.82) is 0 Å². The van der Waals surface area contributed by atoms with E-state index in [9.17, 15) is 14.4 Å². The molecule has 2 N–H and O–H groups in total. The normalized spacial score (nSPS) is 12.2. The predicted molar refractivity (Wildman–Crippen MR) is 102 cm³/mol. The zero-order valence-corrected chi connectivity index (χ0v) is 16.6. The maximum absolute atomic E-state index is 12.8. The molecule has 2 heterocycles. The van der Waals surface area contributed by atoms with Gasteiger partial charge in [-0.25, -0.2) is 9.78 Å². The number of aryl methyl sites for hydroxylation is 2. The highest BCUT2D eigenvalue weighted by Gasteiger charge is 2.22. The maximum atomic E-state index is 12.8. The van der Waals surface area contributed by atoms with Crippen molar-refractivity contribution >= 4 is 45.3 Å². The van der Waals surface area contributed by atoms with Gasteiger partial charge in [0, 0.05) is 18.0 Å². The molecular weight excluding hydrogens is 360 g/mol. The molecule has 2 aromatic heterocycles. The van der Waals surface area contributed by atoms with E-state index < -0.39 is 17.2 Å². The minimum atomic E-state index is -0.563. The van der Waals surface area contributed by atoms with E-state index in [0.717, 1.165) is 10.4 Å². The second-order valence-electron chi connectivity index (χ2n) is 5.52. The minimum absolute atomic E-state index is 0.0896. The lowest BCUT2D eigenvalue weighted by atomic mass is 10.2. The summed E-state index contributed by atoms with van der Waals surface area (Å²) in [6.07, 6.45) is 0. The van der Waals surface area contributed by atoms with E-state index in [4.69, 9.17) is 0 Å². The molecule has 9 heteroatoms. The average molecular weight is 383 g/mol. The van der Waals surface area contributed by atoms with E-state index >= 15 is 0 Å². The highest BCUT2D eigenvalue weighted by Crippen LogP contribution is 2.29. The zero-order chi connectivity index (χ0) is 18.7. The molecule has 0 saturated carbocycles. The van der Waals surface area contributed by atoms with Gasteiger partial charge in [0.1, 0.15) is 4.83 Å². The fraction of sp³-hybridized carbons (Fsp3) is 0.500. The number of hydrogen-bond donors (Lipinski definition) is 2. The van der Waals surface area contributed by atoms with Crippen LogP contribution in [0.15, 0.2) is 9.95 Å². The molecule has 0 aliphatic heterocycles. The minimum Gasteiger partial charge on any atom is -0.338 e. The lowest BCUT2D eigenvalue weighted by Crippen LogP contribution is -2.42. The summed E-state index contributed by atoms with van der Waals surface area (Å²) >= 11 is 2.65. The van der Waals surface area contributed by atoms with Crippen LogP contribution in [-0.4, -0.2) is 33.3 Å². The Labute approximate surface area is 154 Å². The lowest BCUT2D eigenvalue weighted by molar-refractivity contribution is -0.119. The quantitative estimate of drug-likeness (QED) is 0.612. The van der Waals surface area contributed by atoms with E-state index in [-0.39, 0.29) is 5.56 Å². The molecule has 0 aliphatic rings. The summed E-state index contributed by atoms with van der Waals surface area (Å²) in [6, 6.07) is -0.527. The number of hydrogen-bond acceptors (Lipinski definition) is 6. The van der Waals surface area contributed by atoms with Crippen molar-refractivity contribution in [2.45, 2.75) is 51.6 Å². The van der Waals surface area contributed by atoms with Crippen LogP contribution in [0.4, 0.5) is 4.79 Å². The second-order valence-corrected chi connectivity index (χ2v) is 8.03. The van der Waals surface area contributed by atoms with Crippen molar-refractivity contribution in [3.05, 3.63) is 20.8 Å². The molecule has 0 spiro atoms. The molecule has 2 rings (SSSR count). The number of imide groups is 1. The molecule has 0 unspecified atom stereocenters. The van der Waals surface area contributed by atoms with Crippen molar-refractivity contribution in [3.63, 3.8) is 0 Å². The van der Waals surface area contributed by atoms with Crippen LogP contribution in [-0.2, 0) is 11.3 Å². The monoisotopic (exact) mass is 382 g/mol. The number of nitrogens with one attached hydrogen (secondary N) is 2. The van der Waals surface area contributed by atoms with Crippen molar-refractivity contribution in [3.8, 4) is 0 Å². The standard InChI is InChI=1S/C16H22N4O3S2/c1-6-17-15(23)18-12(21)10(5)25-16-19-13-11(8(3)9(4)24-13)14(22)20(16)7-2/h10H,6-7H2,1-5H3,(H2,17,18,21,23)/t10-/m0/s1. The van der Waals surface area contributed by atoms with Gasteiger partial charge in [0.15, 0.2) is 5.16 Å². The number of amides is 3.